The third-order valence-corrected chi connectivity index (χ3v) is 9.04. The number of fused-ring (bicyclic) bond motifs is 1. The number of carbonyl (C=O) groups is 3. The van der Waals surface area contributed by atoms with Crippen molar-refractivity contribution in [3.05, 3.63) is 94.9 Å². The Kier molecular flexibility index (Phi) is 13.1. The third-order valence-electron chi connectivity index (χ3n) is 8.60. The number of aromatic nitrogens is 5. The maximum absolute atomic E-state index is 14.1. The Labute approximate surface area is 291 Å². The van der Waals surface area contributed by atoms with Crippen LogP contribution in [0.25, 0.3) is 22.0 Å². The second-order valence-electron chi connectivity index (χ2n) is 12.2. The van der Waals surface area contributed by atoms with E-state index in [2.05, 4.69) is 50.1 Å². The minimum atomic E-state index is -0.699. The van der Waals surface area contributed by atoms with E-state index >= 15 is 0 Å². The molecule has 1 unspecified atom stereocenters. The number of hydrogen-bond donors (Lipinski definition) is 0. The van der Waals surface area contributed by atoms with Gasteiger partial charge in [-0.25, -0.2) is 15.0 Å². The summed E-state index contributed by atoms with van der Waals surface area (Å²) in [5, 5.41) is 5.41. The molecule has 0 saturated heterocycles. The van der Waals surface area contributed by atoms with Crippen LogP contribution in [0.1, 0.15) is 85.5 Å². The van der Waals surface area contributed by atoms with Crippen LogP contribution >= 0.6 is 15.9 Å². The minimum Gasteiger partial charge on any atom is -0.331 e. The maximum atomic E-state index is 14.1. The van der Waals surface area contributed by atoms with E-state index in [9.17, 15) is 14.4 Å². The molecule has 9 nitrogen and oxygen atoms in total. The van der Waals surface area contributed by atoms with Gasteiger partial charge in [-0.1, -0.05) is 31.1 Å². The molecular formula is C38H45BrN6O3. The fourth-order valence-corrected chi connectivity index (χ4v) is 6.18. The summed E-state index contributed by atoms with van der Waals surface area (Å²) in [6.45, 7) is 14.9. The highest BCUT2D eigenvalue weighted by Crippen LogP contribution is 2.31. The van der Waals surface area contributed by atoms with Gasteiger partial charge in [-0.2, -0.15) is 5.10 Å². The van der Waals surface area contributed by atoms with E-state index in [1.807, 2.05) is 38.1 Å². The highest BCUT2D eigenvalue weighted by Gasteiger charge is 2.28. The van der Waals surface area contributed by atoms with Gasteiger partial charge in [-0.15, -0.1) is 13.2 Å². The second kappa shape index (κ2) is 17.2. The van der Waals surface area contributed by atoms with Crippen LogP contribution in [0.15, 0.2) is 66.6 Å². The van der Waals surface area contributed by atoms with Gasteiger partial charge >= 0.3 is 0 Å². The Hall–Kier alpha value is -4.31. The lowest BCUT2D eigenvalue weighted by atomic mass is 9.96. The Morgan fingerprint density at radius 3 is 2.38 bits per heavy atom. The average molecular weight is 714 g/mol. The summed E-state index contributed by atoms with van der Waals surface area (Å²) in [6.07, 6.45) is 13.8. The number of halogens is 1. The molecule has 0 aliphatic rings. The molecule has 3 heterocycles. The van der Waals surface area contributed by atoms with Crippen molar-refractivity contribution in [1.82, 2.24) is 29.6 Å². The van der Waals surface area contributed by atoms with E-state index in [0.717, 1.165) is 66.3 Å². The quantitative estimate of drug-likeness (QED) is 0.0449. The summed E-state index contributed by atoms with van der Waals surface area (Å²) in [4.78, 5) is 55.4. The predicted octanol–water partition coefficient (Wildman–Crippen LogP) is 7.75. The summed E-state index contributed by atoms with van der Waals surface area (Å²) < 4.78 is 2.30. The highest BCUT2D eigenvalue weighted by atomic mass is 79.9. The molecule has 0 aliphatic heterocycles. The first kappa shape index (κ1) is 36.5. The van der Waals surface area contributed by atoms with E-state index in [-0.39, 0.29) is 30.4 Å². The number of ketones is 2. The Balaban J connectivity index is 1.71. The number of carbonyl (C=O) groups excluding carboxylic acids is 3. The van der Waals surface area contributed by atoms with Crippen LogP contribution in [0.5, 0.6) is 0 Å². The molecule has 0 aliphatic carbocycles. The molecule has 0 bridgehead atoms. The van der Waals surface area contributed by atoms with Crippen LogP contribution in [0.2, 0.25) is 0 Å². The van der Waals surface area contributed by atoms with Gasteiger partial charge in [0.2, 0.25) is 5.91 Å². The molecule has 48 heavy (non-hydrogen) atoms. The second-order valence-corrected chi connectivity index (χ2v) is 13.0. The van der Waals surface area contributed by atoms with Crippen molar-refractivity contribution in [3.8, 4) is 11.1 Å². The molecule has 0 spiro atoms. The van der Waals surface area contributed by atoms with Gasteiger partial charge in [0.05, 0.1) is 23.7 Å². The van der Waals surface area contributed by atoms with Crippen molar-refractivity contribution in [2.24, 2.45) is 0 Å². The van der Waals surface area contributed by atoms with Gasteiger partial charge in [0, 0.05) is 36.8 Å². The Morgan fingerprint density at radius 2 is 1.69 bits per heavy atom. The fourth-order valence-electron chi connectivity index (χ4n) is 5.83. The zero-order chi connectivity index (χ0) is 34.8. The van der Waals surface area contributed by atoms with E-state index in [1.165, 1.54) is 6.92 Å². The number of allylic oxidation sites excluding steroid dienone is 1. The Morgan fingerprint density at radius 1 is 0.979 bits per heavy atom. The predicted molar refractivity (Wildman–Crippen MR) is 194 cm³/mol. The zero-order valence-electron chi connectivity index (χ0n) is 28.5. The van der Waals surface area contributed by atoms with Crippen molar-refractivity contribution in [3.63, 3.8) is 0 Å². The minimum absolute atomic E-state index is 0.103. The first-order valence-corrected chi connectivity index (χ1v) is 17.3. The topological polar surface area (TPSA) is 111 Å². The monoisotopic (exact) mass is 712 g/mol. The molecule has 0 radical (unpaired) electrons. The molecule has 1 amide bonds. The first-order chi connectivity index (χ1) is 23.0. The number of benzene rings is 1. The fraction of sp³-hybridized carbons (Fsp3) is 0.395. The van der Waals surface area contributed by atoms with Gasteiger partial charge in [0.1, 0.15) is 22.7 Å². The van der Waals surface area contributed by atoms with E-state index in [0.29, 0.717) is 40.2 Å². The SMILES string of the molecule is C=CCCCCCCc1cc(-c2cnc(C)nc2)cc2c(C(C)=O)nn(CC(=O)N(CCC=C)C(C)C(=O)Cc3nc(Br)ccc3C)c12. The highest BCUT2D eigenvalue weighted by molar-refractivity contribution is 9.10. The van der Waals surface area contributed by atoms with Crippen molar-refractivity contribution in [2.45, 2.75) is 91.6 Å². The van der Waals surface area contributed by atoms with Gasteiger partial charge in [-0.05, 0) is 104 Å². The lowest BCUT2D eigenvalue weighted by Crippen LogP contribution is -2.46. The van der Waals surface area contributed by atoms with Crippen LogP contribution < -0.4 is 0 Å². The summed E-state index contributed by atoms with van der Waals surface area (Å²) >= 11 is 3.39. The van der Waals surface area contributed by atoms with E-state index in [4.69, 9.17) is 5.10 Å². The average Bonchev–Trinajstić information content (AvgIpc) is 3.43. The van der Waals surface area contributed by atoms with E-state index < -0.39 is 6.04 Å². The molecule has 4 rings (SSSR count). The smallest absolute Gasteiger partial charge is 0.244 e. The largest absolute Gasteiger partial charge is 0.331 e. The lowest BCUT2D eigenvalue weighted by molar-refractivity contribution is -0.139. The van der Waals surface area contributed by atoms with Crippen LogP contribution in [0, 0.1) is 13.8 Å². The Bertz CT molecular complexity index is 1800. The summed E-state index contributed by atoms with van der Waals surface area (Å²) in [7, 11) is 0. The number of Topliss-reactive ketones (excluding diaryl/α,β-unsaturated/α-hetero) is 2. The van der Waals surface area contributed by atoms with Crippen LogP contribution in [0.4, 0.5) is 0 Å². The van der Waals surface area contributed by atoms with Gasteiger partial charge in [-0.3, -0.25) is 19.1 Å². The molecule has 10 heteroatoms. The van der Waals surface area contributed by atoms with Crippen LogP contribution in [-0.2, 0) is 29.0 Å². The number of aryl methyl sites for hydroxylation is 3. The molecule has 0 fully saturated rings. The van der Waals surface area contributed by atoms with Crippen molar-refractivity contribution >= 4 is 44.3 Å². The lowest BCUT2D eigenvalue weighted by Gasteiger charge is -2.28. The zero-order valence-corrected chi connectivity index (χ0v) is 30.1. The molecule has 252 valence electrons. The first-order valence-electron chi connectivity index (χ1n) is 16.5. The van der Waals surface area contributed by atoms with E-state index in [1.54, 1.807) is 35.0 Å². The number of unbranched alkanes of at least 4 members (excludes halogenated alkanes) is 4. The van der Waals surface area contributed by atoms with Crippen molar-refractivity contribution < 1.29 is 14.4 Å². The number of nitrogens with zero attached hydrogens (tertiary/aromatic N) is 6. The molecule has 4 aromatic rings. The molecule has 0 saturated carbocycles. The number of hydrogen-bond acceptors (Lipinski definition) is 7. The summed E-state index contributed by atoms with van der Waals surface area (Å²) in [6, 6.07) is 7.09. The molecule has 1 aromatic carbocycles. The van der Waals surface area contributed by atoms with Crippen LogP contribution in [-0.4, -0.2) is 59.7 Å². The number of rotatable bonds is 18. The van der Waals surface area contributed by atoms with Crippen molar-refractivity contribution in [1.29, 1.82) is 0 Å². The molecule has 3 aromatic heterocycles. The summed E-state index contributed by atoms with van der Waals surface area (Å²) in [5.41, 5.74) is 5.37. The number of pyridine rings is 1. The molecular weight excluding hydrogens is 668 g/mol. The van der Waals surface area contributed by atoms with Gasteiger partial charge in [0.25, 0.3) is 0 Å². The normalized spacial score (nSPS) is 11.8. The third kappa shape index (κ3) is 9.18. The maximum Gasteiger partial charge on any atom is 0.244 e. The summed E-state index contributed by atoms with van der Waals surface area (Å²) in [5.74, 6) is 0.107. The molecule has 1 atom stereocenters. The van der Waals surface area contributed by atoms with Gasteiger partial charge in [0.15, 0.2) is 11.6 Å². The van der Waals surface area contributed by atoms with Crippen molar-refractivity contribution in [2.75, 3.05) is 6.54 Å². The molecule has 0 N–H and O–H groups in total. The standard InChI is InChI=1S/C38H45BrN6O3/c1-7-9-11-12-13-14-15-29-19-30(31-22-40-28(6)41-23-31)20-32-37(27(5)46)43-45(38(29)32)24-36(48)44(18-10-8-2)26(4)34(47)21-33-25(3)16-17-35(39)42-33/h7-8,16-17,19-20,22-23,26H,1-2,9-15,18,21,24H2,3-6H3. The van der Waals surface area contributed by atoms with Crippen LogP contribution in [0.3, 0.4) is 0 Å². The van der Waals surface area contributed by atoms with Gasteiger partial charge < -0.3 is 4.90 Å². The number of amides is 1.